The van der Waals surface area contributed by atoms with Gasteiger partial charge in [-0.15, -0.1) is 0 Å². The number of aromatic nitrogens is 1. The molecule has 1 aromatic rings. The molecule has 6 heteroatoms. The van der Waals surface area contributed by atoms with Crippen molar-refractivity contribution in [2.45, 2.75) is 13.0 Å². The number of hydrogen-bond donors (Lipinski definition) is 2. The van der Waals surface area contributed by atoms with Gasteiger partial charge in [-0.05, 0) is 0 Å². The summed E-state index contributed by atoms with van der Waals surface area (Å²) in [4.78, 5) is 3.64. The van der Waals surface area contributed by atoms with Gasteiger partial charge in [0.25, 0.3) is 6.43 Å². The molecule has 0 unspecified atom stereocenters. The summed E-state index contributed by atoms with van der Waals surface area (Å²) in [5.74, 6) is -0.0188. The van der Waals surface area contributed by atoms with Crippen molar-refractivity contribution in [1.29, 1.82) is 0 Å². The highest BCUT2D eigenvalue weighted by Gasteiger charge is 2.17. The van der Waals surface area contributed by atoms with Gasteiger partial charge < -0.3 is 16.2 Å². The monoisotopic (exact) mass is 203 g/mol. The van der Waals surface area contributed by atoms with E-state index in [-0.39, 0.29) is 23.7 Å². The zero-order chi connectivity index (χ0) is 10.7. The van der Waals surface area contributed by atoms with E-state index in [2.05, 4.69) is 4.98 Å². The number of anilines is 1. The predicted molar refractivity (Wildman–Crippen MR) is 48.0 cm³/mol. The first kappa shape index (κ1) is 10.6. The van der Waals surface area contributed by atoms with Crippen LogP contribution in [0.2, 0.25) is 0 Å². The molecular weight excluding hydrogens is 192 g/mol. The smallest absolute Gasteiger partial charge is 0.284 e. The van der Waals surface area contributed by atoms with Crippen LogP contribution in [0.5, 0.6) is 5.75 Å². The van der Waals surface area contributed by atoms with Crippen molar-refractivity contribution in [1.82, 2.24) is 4.98 Å². The second kappa shape index (κ2) is 4.19. The molecule has 0 amide bonds. The number of halogens is 2. The van der Waals surface area contributed by atoms with Gasteiger partial charge in [0.15, 0.2) is 0 Å². The van der Waals surface area contributed by atoms with E-state index in [0.29, 0.717) is 0 Å². The van der Waals surface area contributed by atoms with E-state index in [4.69, 9.17) is 16.2 Å². The van der Waals surface area contributed by atoms with E-state index in [1.54, 1.807) is 0 Å². The first-order chi connectivity index (χ1) is 6.60. The molecule has 0 fully saturated rings. The minimum atomic E-state index is -2.70. The Bertz CT molecular complexity index is 331. The van der Waals surface area contributed by atoms with Gasteiger partial charge in [-0.2, -0.15) is 0 Å². The fourth-order valence-electron chi connectivity index (χ4n) is 1.05. The molecule has 0 saturated carbocycles. The summed E-state index contributed by atoms with van der Waals surface area (Å²) in [6, 6.07) is 1.30. The van der Waals surface area contributed by atoms with Gasteiger partial charge in [0.1, 0.15) is 11.4 Å². The quantitative estimate of drug-likeness (QED) is 0.770. The number of nitrogen functional groups attached to an aromatic ring is 1. The average Bonchev–Trinajstić information content (AvgIpc) is 2.16. The molecule has 0 bridgehead atoms. The van der Waals surface area contributed by atoms with E-state index in [0.717, 1.165) is 0 Å². The standard InChI is InChI=1S/C8H11F2N3O/c1-14-6-2-4(12)5(3-11)13-7(6)8(9)10/h2,8H,3,11-12H2,1H3. The largest absolute Gasteiger partial charge is 0.495 e. The van der Waals surface area contributed by atoms with Gasteiger partial charge in [-0.3, -0.25) is 0 Å². The molecule has 0 spiro atoms. The Kier molecular flexibility index (Phi) is 3.19. The molecule has 4 N–H and O–H groups in total. The number of nitrogens with two attached hydrogens (primary N) is 2. The van der Waals surface area contributed by atoms with Crippen LogP contribution in [0.3, 0.4) is 0 Å². The van der Waals surface area contributed by atoms with Crippen LogP contribution in [0.25, 0.3) is 0 Å². The zero-order valence-electron chi connectivity index (χ0n) is 7.63. The lowest BCUT2D eigenvalue weighted by atomic mass is 10.2. The number of rotatable bonds is 3. The Morgan fingerprint density at radius 1 is 1.57 bits per heavy atom. The molecule has 0 saturated heterocycles. The van der Waals surface area contributed by atoms with Crippen LogP contribution in [-0.2, 0) is 6.54 Å². The van der Waals surface area contributed by atoms with Gasteiger partial charge in [-0.25, -0.2) is 13.8 Å². The lowest BCUT2D eigenvalue weighted by molar-refractivity contribution is 0.141. The fourth-order valence-corrected chi connectivity index (χ4v) is 1.05. The maximum absolute atomic E-state index is 12.4. The third kappa shape index (κ3) is 1.90. The number of alkyl halides is 2. The Labute approximate surface area is 79.9 Å². The van der Waals surface area contributed by atoms with E-state index in [1.165, 1.54) is 13.2 Å². The van der Waals surface area contributed by atoms with Crippen LogP contribution in [0.1, 0.15) is 17.8 Å². The Morgan fingerprint density at radius 3 is 2.64 bits per heavy atom. The summed E-state index contributed by atoms with van der Waals surface area (Å²) in [5.41, 5.74) is 10.9. The molecule has 1 heterocycles. The van der Waals surface area contributed by atoms with Crippen molar-refractivity contribution in [2.75, 3.05) is 12.8 Å². The second-order valence-electron chi connectivity index (χ2n) is 2.62. The molecule has 14 heavy (non-hydrogen) atoms. The van der Waals surface area contributed by atoms with E-state index >= 15 is 0 Å². The second-order valence-corrected chi connectivity index (χ2v) is 2.62. The van der Waals surface area contributed by atoms with Crippen molar-refractivity contribution in [3.63, 3.8) is 0 Å². The maximum Gasteiger partial charge on any atom is 0.284 e. The number of methoxy groups -OCH3 is 1. The van der Waals surface area contributed by atoms with Crippen molar-refractivity contribution < 1.29 is 13.5 Å². The van der Waals surface area contributed by atoms with E-state index < -0.39 is 12.1 Å². The highest BCUT2D eigenvalue weighted by molar-refractivity contribution is 5.50. The lowest BCUT2D eigenvalue weighted by Crippen LogP contribution is -2.08. The molecule has 0 radical (unpaired) electrons. The minimum Gasteiger partial charge on any atom is -0.495 e. The van der Waals surface area contributed by atoms with Gasteiger partial charge >= 0.3 is 0 Å². The number of pyridine rings is 1. The molecule has 0 aliphatic carbocycles. The zero-order valence-corrected chi connectivity index (χ0v) is 7.63. The summed E-state index contributed by atoms with van der Waals surface area (Å²) >= 11 is 0. The third-order valence-corrected chi connectivity index (χ3v) is 1.75. The van der Waals surface area contributed by atoms with Gasteiger partial charge in [-0.1, -0.05) is 0 Å². The summed E-state index contributed by atoms with van der Waals surface area (Å²) < 4.78 is 29.6. The highest BCUT2D eigenvalue weighted by atomic mass is 19.3. The molecule has 1 rings (SSSR count). The van der Waals surface area contributed by atoms with Gasteiger partial charge in [0.2, 0.25) is 0 Å². The molecular formula is C8H11F2N3O. The average molecular weight is 203 g/mol. The summed E-state index contributed by atoms with van der Waals surface area (Å²) in [5, 5.41) is 0. The first-order valence-electron chi connectivity index (χ1n) is 3.91. The molecule has 0 aliphatic rings. The molecule has 1 aromatic heterocycles. The Morgan fingerprint density at radius 2 is 2.21 bits per heavy atom. The molecule has 4 nitrogen and oxygen atoms in total. The Hall–Kier alpha value is -1.43. The number of ether oxygens (including phenoxy) is 1. The number of nitrogens with zero attached hydrogens (tertiary/aromatic N) is 1. The summed E-state index contributed by atoms with van der Waals surface area (Å²) in [6.07, 6.45) is -2.70. The minimum absolute atomic E-state index is 0.0188. The van der Waals surface area contributed by atoms with Crippen molar-refractivity contribution >= 4 is 5.69 Å². The van der Waals surface area contributed by atoms with E-state index in [9.17, 15) is 8.78 Å². The SMILES string of the molecule is COc1cc(N)c(CN)nc1C(F)F. The van der Waals surface area contributed by atoms with Crippen LogP contribution < -0.4 is 16.2 Å². The topological polar surface area (TPSA) is 74.2 Å². The molecule has 0 aliphatic heterocycles. The third-order valence-electron chi connectivity index (χ3n) is 1.75. The fraction of sp³-hybridized carbons (Fsp3) is 0.375. The van der Waals surface area contributed by atoms with Crippen LogP contribution in [0.4, 0.5) is 14.5 Å². The van der Waals surface area contributed by atoms with Gasteiger partial charge in [0.05, 0.1) is 18.5 Å². The summed E-state index contributed by atoms with van der Waals surface area (Å²) in [7, 11) is 1.28. The van der Waals surface area contributed by atoms with Crippen LogP contribution in [-0.4, -0.2) is 12.1 Å². The van der Waals surface area contributed by atoms with Crippen molar-refractivity contribution in [2.24, 2.45) is 5.73 Å². The first-order valence-corrected chi connectivity index (χ1v) is 3.91. The van der Waals surface area contributed by atoms with Crippen molar-refractivity contribution in [3.8, 4) is 5.75 Å². The molecule has 78 valence electrons. The highest BCUT2D eigenvalue weighted by Crippen LogP contribution is 2.29. The van der Waals surface area contributed by atoms with Crippen LogP contribution in [0.15, 0.2) is 6.07 Å². The summed E-state index contributed by atoms with van der Waals surface area (Å²) in [6.45, 7) is 0.0234. The van der Waals surface area contributed by atoms with Crippen LogP contribution >= 0.6 is 0 Å². The number of hydrogen-bond acceptors (Lipinski definition) is 4. The van der Waals surface area contributed by atoms with E-state index in [1.807, 2.05) is 0 Å². The molecule has 0 aromatic carbocycles. The van der Waals surface area contributed by atoms with Gasteiger partial charge in [0, 0.05) is 12.6 Å². The lowest BCUT2D eigenvalue weighted by Gasteiger charge is -2.10. The molecule has 0 atom stereocenters. The van der Waals surface area contributed by atoms with Crippen molar-refractivity contribution in [3.05, 3.63) is 17.5 Å². The Balaban J connectivity index is 3.25. The van der Waals surface area contributed by atoms with Crippen LogP contribution in [0, 0.1) is 0 Å². The normalized spacial score (nSPS) is 10.6. The predicted octanol–water partition coefficient (Wildman–Crippen LogP) is 1.07. The maximum atomic E-state index is 12.4.